The fraction of sp³-hybridized carbons (Fsp3) is 0. The fourth-order valence-corrected chi connectivity index (χ4v) is 5.26. The Bertz CT molecular complexity index is 1290. The number of nitrogens with zero attached hydrogens (tertiary/aromatic N) is 4. The third-order valence-electron chi connectivity index (χ3n) is 3.63. The zero-order chi connectivity index (χ0) is 21.1. The molecule has 4 rings (SSSR count). The summed E-state index contributed by atoms with van der Waals surface area (Å²) in [5.74, 6) is -0.416. The molecule has 0 radical (unpaired) electrons. The van der Waals surface area contributed by atoms with Crippen LogP contribution in [0.1, 0.15) is 10.4 Å². The van der Waals surface area contributed by atoms with Crippen LogP contribution >= 0.6 is 34.3 Å². The number of sulfonamides is 1. The Hall–Kier alpha value is -2.93. The molecule has 0 aliphatic carbocycles. The Morgan fingerprint density at radius 2 is 1.57 bits per heavy atom. The van der Waals surface area contributed by atoms with Crippen LogP contribution in [-0.4, -0.2) is 34.7 Å². The van der Waals surface area contributed by atoms with Crippen LogP contribution in [0.2, 0.25) is 5.02 Å². The molecular weight excluding hydrogens is 468 g/mol. The number of hydrogen-bond donors (Lipinski definition) is 2. The van der Waals surface area contributed by atoms with Crippen LogP contribution in [0, 0.1) is 0 Å². The first-order valence-electron chi connectivity index (χ1n) is 8.23. The van der Waals surface area contributed by atoms with E-state index >= 15 is 0 Å². The van der Waals surface area contributed by atoms with Gasteiger partial charge in [-0.25, -0.2) is 0 Å². The summed E-state index contributed by atoms with van der Waals surface area (Å²) in [4.78, 5) is 12.2. The number of nitrogens with one attached hydrogen (secondary N) is 2. The molecule has 9 nitrogen and oxygen atoms in total. The first-order valence-corrected chi connectivity index (χ1v) is 11.7. The lowest BCUT2D eigenvalue weighted by atomic mass is 10.2. The summed E-state index contributed by atoms with van der Waals surface area (Å²) in [5, 5.41) is 19.0. The van der Waals surface area contributed by atoms with E-state index in [1.54, 1.807) is 54.6 Å². The van der Waals surface area contributed by atoms with E-state index in [2.05, 4.69) is 30.4 Å². The highest BCUT2D eigenvalue weighted by Gasteiger charge is 2.23. The van der Waals surface area contributed by atoms with Crippen molar-refractivity contribution in [2.24, 2.45) is 0 Å². The largest absolute Gasteiger partial charge is 0.296 e. The van der Waals surface area contributed by atoms with Crippen LogP contribution in [0.4, 0.5) is 10.3 Å². The zero-order valence-corrected chi connectivity index (χ0v) is 18.0. The highest BCUT2D eigenvalue weighted by molar-refractivity contribution is 7.94. The lowest BCUT2D eigenvalue weighted by molar-refractivity contribution is 0.102. The first kappa shape index (κ1) is 20.3. The topological polar surface area (TPSA) is 127 Å². The van der Waals surface area contributed by atoms with Crippen LogP contribution in [0.25, 0.3) is 10.6 Å². The van der Waals surface area contributed by atoms with Gasteiger partial charge in [0.05, 0.1) is 0 Å². The molecule has 0 fully saturated rings. The lowest BCUT2D eigenvalue weighted by Crippen LogP contribution is -2.12. The van der Waals surface area contributed by atoms with Gasteiger partial charge in [0, 0.05) is 16.1 Å². The molecule has 0 aliphatic rings. The van der Waals surface area contributed by atoms with Crippen molar-refractivity contribution in [1.82, 2.24) is 20.4 Å². The second-order valence-electron chi connectivity index (χ2n) is 5.72. The molecule has 2 N–H and O–H groups in total. The van der Waals surface area contributed by atoms with Crippen LogP contribution < -0.4 is 10.0 Å². The third-order valence-corrected chi connectivity index (χ3v) is 7.44. The number of carbonyl (C=O) groups is 1. The molecule has 0 atom stereocenters. The molecule has 0 saturated heterocycles. The highest BCUT2D eigenvalue weighted by Crippen LogP contribution is 2.29. The molecule has 2 aromatic carbocycles. The Morgan fingerprint density at radius 3 is 2.30 bits per heavy atom. The van der Waals surface area contributed by atoms with Crippen molar-refractivity contribution in [3.05, 3.63) is 65.2 Å². The maximum atomic E-state index is 12.6. The second kappa shape index (κ2) is 8.44. The van der Waals surface area contributed by atoms with Gasteiger partial charge in [-0.05, 0) is 24.3 Å². The molecule has 0 aliphatic heterocycles. The molecule has 0 bridgehead atoms. The van der Waals surface area contributed by atoms with Gasteiger partial charge in [0.1, 0.15) is 5.01 Å². The van der Waals surface area contributed by atoms with E-state index in [4.69, 9.17) is 11.6 Å². The number of anilines is 2. The quantitative estimate of drug-likeness (QED) is 0.404. The Morgan fingerprint density at radius 1 is 0.867 bits per heavy atom. The summed E-state index contributed by atoms with van der Waals surface area (Å²) in [7, 11) is -4.04. The SMILES string of the molecule is O=C(Nc1nnc(S(=O)(=O)Nc2nnc(-c3ccc(Cl)cc3)s2)s1)c1ccccc1. The van der Waals surface area contributed by atoms with E-state index in [1.807, 2.05) is 0 Å². The van der Waals surface area contributed by atoms with Gasteiger partial charge in [-0.3, -0.25) is 14.8 Å². The molecule has 2 heterocycles. The smallest absolute Gasteiger partial charge is 0.293 e. The van der Waals surface area contributed by atoms with Crippen molar-refractivity contribution in [3.63, 3.8) is 0 Å². The Kier molecular flexibility index (Phi) is 5.72. The number of rotatable bonds is 6. The van der Waals surface area contributed by atoms with E-state index in [9.17, 15) is 13.2 Å². The predicted molar refractivity (Wildman–Crippen MR) is 115 cm³/mol. The number of carbonyl (C=O) groups excluding carboxylic acids is 1. The van der Waals surface area contributed by atoms with Crippen LogP contribution in [0.15, 0.2) is 58.9 Å². The van der Waals surface area contributed by atoms with E-state index in [1.165, 1.54) is 0 Å². The fourth-order valence-electron chi connectivity index (χ4n) is 2.26. The summed E-state index contributed by atoms with van der Waals surface area (Å²) in [6.07, 6.45) is 0. The molecule has 2 aromatic heterocycles. The van der Waals surface area contributed by atoms with Crippen LogP contribution in [0.3, 0.4) is 0 Å². The third kappa shape index (κ3) is 4.62. The average Bonchev–Trinajstić information content (AvgIpc) is 3.39. The van der Waals surface area contributed by atoms with E-state index in [0.29, 0.717) is 15.6 Å². The maximum Gasteiger partial charge on any atom is 0.293 e. The molecule has 30 heavy (non-hydrogen) atoms. The lowest BCUT2D eigenvalue weighted by Gasteiger charge is -2.00. The molecular formula is C17H11ClN6O3S3. The molecule has 0 spiro atoms. The second-order valence-corrected chi connectivity index (χ2v) is 9.97. The summed E-state index contributed by atoms with van der Waals surface area (Å²) in [6.45, 7) is 0. The number of hydrogen-bond acceptors (Lipinski definition) is 9. The van der Waals surface area contributed by atoms with Gasteiger partial charge in [0.25, 0.3) is 20.3 Å². The van der Waals surface area contributed by atoms with Crippen molar-refractivity contribution in [2.45, 2.75) is 4.34 Å². The monoisotopic (exact) mass is 478 g/mol. The predicted octanol–water partition coefficient (Wildman–Crippen LogP) is 3.76. The molecule has 13 heteroatoms. The van der Waals surface area contributed by atoms with Crippen molar-refractivity contribution in [3.8, 4) is 10.6 Å². The standard InChI is InChI=1S/C17H11ClN6O3S3/c18-12-8-6-11(7-9-12)14-20-22-16(28-14)24-30(26,27)17-23-21-15(29-17)19-13(25)10-4-2-1-3-5-10/h1-9H,(H,22,24)(H,19,21,25). The summed E-state index contributed by atoms with van der Waals surface area (Å²) >= 11 is 7.65. The minimum absolute atomic E-state index is 0.0587. The maximum absolute atomic E-state index is 12.6. The first-order chi connectivity index (χ1) is 14.4. The van der Waals surface area contributed by atoms with Gasteiger partial charge in [0.15, 0.2) is 0 Å². The molecule has 0 saturated carbocycles. The number of benzene rings is 2. The minimum atomic E-state index is -4.04. The van der Waals surface area contributed by atoms with Crippen molar-refractivity contribution in [1.29, 1.82) is 0 Å². The number of amides is 1. The van der Waals surface area contributed by atoms with Crippen LogP contribution in [0.5, 0.6) is 0 Å². The zero-order valence-electron chi connectivity index (χ0n) is 14.8. The van der Waals surface area contributed by atoms with E-state index in [0.717, 1.165) is 28.2 Å². The van der Waals surface area contributed by atoms with Crippen molar-refractivity contribution < 1.29 is 13.2 Å². The number of aromatic nitrogens is 4. The van der Waals surface area contributed by atoms with Crippen molar-refractivity contribution in [2.75, 3.05) is 10.0 Å². The van der Waals surface area contributed by atoms with Gasteiger partial charge in [-0.2, -0.15) is 8.42 Å². The summed E-state index contributed by atoms with van der Waals surface area (Å²) in [5.41, 5.74) is 1.17. The van der Waals surface area contributed by atoms with Gasteiger partial charge in [-0.1, -0.05) is 64.6 Å². The average molecular weight is 479 g/mol. The van der Waals surface area contributed by atoms with E-state index < -0.39 is 15.9 Å². The molecule has 1 amide bonds. The van der Waals surface area contributed by atoms with Gasteiger partial charge < -0.3 is 0 Å². The normalized spacial score (nSPS) is 11.2. The molecule has 152 valence electrons. The Labute approximate surface area is 183 Å². The Balaban J connectivity index is 1.47. The molecule has 0 unspecified atom stereocenters. The highest BCUT2D eigenvalue weighted by atomic mass is 35.5. The summed E-state index contributed by atoms with van der Waals surface area (Å²) < 4.78 is 27.1. The van der Waals surface area contributed by atoms with Gasteiger partial charge >= 0.3 is 0 Å². The van der Waals surface area contributed by atoms with Crippen molar-refractivity contribution >= 4 is 60.5 Å². The van der Waals surface area contributed by atoms with Gasteiger partial charge in [-0.15, -0.1) is 20.4 Å². The minimum Gasteiger partial charge on any atom is -0.296 e. The molecule has 4 aromatic rings. The van der Waals surface area contributed by atoms with Gasteiger partial charge in [0.2, 0.25) is 10.3 Å². The number of halogens is 1. The van der Waals surface area contributed by atoms with Crippen LogP contribution in [-0.2, 0) is 10.0 Å². The summed E-state index contributed by atoms with van der Waals surface area (Å²) in [6, 6.07) is 15.4. The van der Waals surface area contributed by atoms with E-state index in [-0.39, 0.29) is 14.6 Å².